The summed E-state index contributed by atoms with van der Waals surface area (Å²) in [5, 5.41) is 10.1. The van der Waals surface area contributed by atoms with Crippen molar-refractivity contribution >= 4 is 11.8 Å². The fourth-order valence-electron chi connectivity index (χ4n) is 3.62. The first-order valence-corrected chi connectivity index (χ1v) is 10.5. The lowest BCUT2D eigenvalue weighted by Gasteiger charge is -2.28. The van der Waals surface area contributed by atoms with Crippen molar-refractivity contribution in [3.05, 3.63) is 29.8 Å². The van der Waals surface area contributed by atoms with E-state index in [1.54, 1.807) is 0 Å². The van der Waals surface area contributed by atoms with Crippen LogP contribution in [0.5, 0.6) is 0 Å². The second-order valence-corrected chi connectivity index (χ2v) is 7.58. The summed E-state index contributed by atoms with van der Waals surface area (Å²) in [4.78, 5) is 5.41. The second-order valence-electron chi connectivity index (χ2n) is 7.58. The zero-order valence-electron chi connectivity index (χ0n) is 16.7. The Bertz CT molecular complexity index is 539. The fraction of sp³-hybridized carbons (Fsp3) is 0.682. The van der Waals surface area contributed by atoms with Gasteiger partial charge in [-0.1, -0.05) is 51.2 Å². The standard InChI is InChI=1S/C22H36N2O2/c1-3-4-5-6-8-12-20-13-11-14-21(17-20)23-22(25)26-19(2)18-24-15-9-7-10-16-24/h11,13-14,17,19H,3-10,12,15-16,18H2,1-2H3,(H,23,25)/p+1/t19-/m0/s1. The lowest BCUT2D eigenvalue weighted by atomic mass is 10.1. The van der Waals surface area contributed by atoms with Crippen LogP contribution in [0.25, 0.3) is 0 Å². The summed E-state index contributed by atoms with van der Waals surface area (Å²) in [6.07, 6.45) is 11.3. The van der Waals surface area contributed by atoms with Crippen molar-refractivity contribution in [1.29, 1.82) is 0 Å². The van der Waals surface area contributed by atoms with Crippen LogP contribution in [0.3, 0.4) is 0 Å². The van der Waals surface area contributed by atoms with E-state index >= 15 is 0 Å². The Morgan fingerprint density at radius 1 is 1.15 bits per heavy atom. The molecular formula is C22H37N2O2+. The number of hydrogen-bond donors (Lipinski definition) is 2. The molecule has 0 aromatic heterocycles. The van der Waals surface area contributed by atoms with E-state index in [0.29, 0.717) is 0 Å². The van der Waals surface area contributed by atoms with Crippen molar-refractivity contribution in [2.24, 2.45) is 0 Å². The zero-order valence-corrected chi connectivity index (χ0v) is 16.7. The highest BCUT2D eigenvalue weighted by molar-refractivity contribution is 5.59. The minimum atomic E-state index is -0.102. The summed E-state index contributed by atoms with van der Waals surface area (Å²) in [6, 6.07) is 8.26. The van der Waals surface area contributed by atoms with Crippen LogP contribution in [0.15, 0.2) is 24.3 Å². The minimum absolute atomic E-state index is 0.0256. The number of nitrogens with one attached hydrogen (secondary N) is 1. The number of aliphatic hydroxyl groups excluding tert-OH is 1. The average Bonchev–Trinajstić information content (AvgIpc) is 2.62. The van der Waals surface area contributed by atoms with E-state index in [9.17, 15) is 5.11 Å². The molecule has 1 aliphatic heterocycles. The molecule has 1 aromatic carbocycles. The largest absolute Gasteiger partial charge is 0.551 e. The van der Waals surface area contributed by atoms with Crippen LogP contribution in [0.4, 0.5) is 5.69 Å². The molecule has 1 fully saturated rings. The number of rotatable bonds is 10. The number of unbranched alkanes of at least 4 members (excludes halogenated alkanes) is 4. The van der Waals surface area contributed by atoms with Gasteiger partial charge in [0, 0.05) is 18.7 Å². The molecule has 0 radical (unpaired) electrons. The quantitative estimate of drug-likeness (QED) is 0.379. The highest BCUT2D eigenvalue weighted by Crippen LogP contribution is 2.12. The summed E-state index contributed by atoms with van der Waals surface area (Å²) in [5.74, 6) is 0. The minimum Gasteiger partial charge on any atom is -0.430 e. The highest BCUT2D eigenvalue weighted by atomic mass is 16.6. The van der Waals surface area contributed by atoms with Crippen LogP contribution < -0.4 is 4.99 Å². The van der Waals surface area contributed by atoms with E-state index < -0.39 is 0 Å². The SMILES string of the molecule is CCCCCCCc1cccc([NH+]=C(O)O[C@@H](C)CN2CCCCC2)c1. The first kappa shape index (κ1) is 20.8. The molecule has 2 N–H and O–H groups in total. The van der Waals surface area contributed by atoms with Gasteiger partial charge in [0.2, 0.25) is 5.69 Å². The topological polar surface area (TPSA) is 46.7 Å². The molecule has 1 saturated heterocycles. The van der Waals surface area contributed by atoms with Crippen LogP contribution in [0.1, 0.15) is 70.8 Å². The van der Waals surface area contributed by atoms with Crippen molar-refractivity contribution in [1.82, 2.24) is 4.90 Å². The highest BCUT2D eigenvalue weighted by Gasteiger charge is 2.17. The molecule has 1 atom stereocenters. The van der Waals surface area contributed by atoms with Crippen molar-refractivity contribution in [2.45, 2.75) is 77.7 Å². The van der Waals surface area contributed by atoms with Crippen LogP contribution in [-0.4, -0.2) is 41.8 Å². The molecule has 0 amide bonds. The smallest absolute Gasteiger partial charge is 0.430 e. The van der Waals surface area contributed by atoms with Gasteiger partial charge in [0.25, 0.3) is 0 Å². The Morgan fingerprint density at radius 3 is 2.69 bits per heavy atom. The van der Waals surface area contributed by atoms with E-state index in [1.807, 2.05) is 19.1 Å². The molecule has 4 nitrogen and oxygen atoms in total. The van der Waals surface area contributed by atoms with Gasteiger partial charge < -0.3 is 9.84 Å². The molecule has 4 heteroatoms. The number of nitrogens with zero attached hydrogens (tertiary/aromatic N) is 1. The van der Waals surface area contributed by atoms with Gasteiger partial charge >= 0.3 is 6.08 Å². The summed E-state index contributed by atoms with van der Waals surface area (Å²) in [5.41, 5.74) is 2.19. The molecule has 0 aliphatic carbocycles. The Kier molecular flexibility index (Phi) is 9.54. The summed E-state index contributed by atoms with van der Waals surface area (Å²) in [6.45, 7) is 7.40. The van der Waals surface area contributed by atoms with Gasteiger partial charge in [-0.05, 0) is 51.3 Å². The van der Waals surface area contributed by atoms with Gasteiger partial charge in [-0.3, -0.25) is 4.90 Å². The number of ether oxygens (including phenoxy) is 1. The Hall–Kier alpha value is -1.55. The van der Waals surface area contributed by atoms with Crippen LogP contribution in [-0.2, 0) is 11.2 Å². The Balaban J connectivity index is 1.78. The molecule has 0 unspecified atom stereocenters. The van der Waals surface area contributed by atoms with Gasteiger partial charge in [-0.15, -0.1) is 4.99 Å². The average molecular weight is 362 g/mol. The molecule has 0 bridgehead atoms. The van der Waals surface area contributed by atoms with E-state index in [2.05, 4.69) is 28.9 Å². The molecule has 1 aliphatic rings. The second kappa shape index (κ2) is 11.9. The van der Waals surface area contributed by atoms with Gasteiger partial charge in [-0.2, -0.15) is 0 Å². The lowest BCUT2D eigenvalue weighted by Crippen LogP contribution is -2.67. The predicted octanol–water partition coefficient (Wildman–Crippen LogP) is 3.72. The van der Waals surface area contributed by atoms with E-state index in [4.69, 9.17) is 4.74 Å². The maximum atomic E-state index is 10.1. The van der Waals surface area contributed by atoms with Crippen LogP contribution in [0.2, 0.25) is 0 Å². The van der Waals surface area contributed by atoms with Crippen LogP contribution >= 0.6 is 0 Å². The third kappa shape index (κ3) is 8.22. The number of piperidine rings is 1. The monoisotopic (exact) mass is 361 g/mol. The lowest BCUT2D eigenvalue weighted by molar-refractivity contribution is -0.383. The van der Waals surface area contributed by atoms with Crippen molar-refractivity contribution < 1.29 is 14.8 Å². The molecule has 0 spiro atoms. The third-order valence-corrected chi connectivity index (χ3v) is 5.02. The Labute approximate surface area is 159 Å². The predicted molar refractivity (Wildman–Crippen MR) is 108 cm³/mol. The number of aliphatic hydroxyl groups is 1. The van der Waals surface area contributed by atoms with Crippen molar-refractivity contribution in [3.8, 4) is 0 Å². The van der Waals surface area contributed by atoms with Gasteiger partial charge in [0.05, 0.1) is 0 Å². The fourth-order valence-corrected chi connectivity index (χ4v) is 3.62. The number of benzene rings is 1. The number of likely N-dealkylation sites (tertiary alicyclic amines) is 1. The van der Waals surface area contributed by atoms with Crippen molar-refractivity contribution in [2.75, 3.05) is 19.6 Å². The zero-order chi connectivity index (χ0) is 18.6. The number of aryl methyl sites for hydroxylation is 1. The molecule has 26 heavy (non-hydrogen) atoms. The first-order valence-electron chi connectivity index (χ1n) is 10.5. The third-order valence-electron chi connectivity index (χ3n) is 5.02. The molecule has 1 heterocycles. The van der Waals surface area contributed by atoms with Gasteiger partial charge in [0.15, 0.2) is 0 Å². The molecule has 1 aromatic rings. The molecule has 146 valence electrons. The first-order chi connectivity index (χ1) is 12.7. The van der Waals surface area contributed by atoms with E-state index in [-0.39, 0.29) is 12.2 Å². The summed E-state index contributed by atoms with van der Waals surface area (Å²) < 4.78 is 5.64. The number of hydrogen-bond acceptors (Lipinski definition) is 2. The van der Waals surface area contributed by atoms with Gasteiger partial charge in [0.1, 0.15) is 6.10 Å². The van der Waals surface area contributed by atoms with E-state index in [0.717, 1.165) is 31.7 Å². The summed E-state index contributed by atoms with van der Waals surface area (Å²) >= 11 is 0. The Morgan fingerprint density at radius 2 is 1.92 bits per heavy atom. The van der Waals surface area contributed by atoms with Gasteiger partial charge in [-0.25, -0.2) is 0 Å². The van der Waals surface area contributed by atoms with Crippen LogP contribution in [0, 0.1) is 0 Å². The molecule has 0 saturated carbocycles. The molecule has 2 rings (SSSR count). The van der Waals surface area contributed by atoms with E-state index in [1.165, 1.54) is 56.9 Å². The molecular weight excluding hydrogens is 324 g/mol. The van der Waals surface area contributed by atoms with Crippen molar-refractivity contribution in [3.63, 3.8) is 0 Å². The summed E-state index contributed by atoms with van der Waals surface area (Å²) in [7, 11) is 0. The maximum Gasteiger partial charge on any atom is 0.551 e. The normalized spacial score (nSPS) is 17.2. The maximum absolute atomic E-state index is 10.1.